The number of nitrogens with two attached hydrogens (primary N) is 1. The third-order valence-electron chi connectivity index (χ3n) is 7.66. The van der Waals surface area contributed by atoms with E-state index in [0.29, 0.717) is 4.90 Å². The fraction of sp³-hybridized carbons (Fsp3) is 0.414. The number of carbonyl (C=O) groups is 9. The number of urea groups is 1. The maximum absolute atomic E-state index is 13.7. The summed E-state index contributed by atoms with van der Waals surface area (Å²) < 4.78 is 9.68. The predicted molar refractivity (Wildman–Crippen MR) is 170 cm³/mol. The van der Waals surface area contributed by atoms with Gasteiger partial charge in [-0.3, -0.25) is 43.9 Å². The second-order valence-electron chi connectivity index (χ2n) is 10.9. The number of amides is 7. The van der Waals surface area contributed by atoms with Gasteiger partial charge >= 0.3 is 71.4 Å². The van der Waals surface area contributed by atoms with Gasteiger partial charge in [-0.2, -0.15) is 0 Å². The van der Waals surface area contributed by atoms with Crippen molar-refractivity contribution in [1.29, 1.82) is 0 Å². The summed E-state index contributed by atoms with van der Waals surface area (Å²) in [5.74, 6) is -7.14. The number of anilines is 1. The number of hydrogen-bond donors (Lipinski definition) is 6. The number of likely N-dealkylation sites (N-methyl/N-ethyl adjacent to an activating group) is 1. The van der Waals surface area contributed by atoms with Crippen molar-refractivity contribution in [2.24, 2.45) is 5.73 Å². The Bertz CT molecular complexity index is 1660. The van der Waals surface area contributed by atoms with Crippen LogP contribution in [0.15, 0.2) is 35.5 Å². The average Bonchev–Trinajstić information content (AvgIpc) is 3.08. The standard InChI is InChI=1S/C29H33N7O13S.Na.H/c1-3-34-8-9-35(24(41)23(34)40)28(46)33-18(14-4-6-16(7-5-14)31-29(47)49-11-17(30)26(42)43)21(38)32-19-22(39)36-20(27(44)45)15(10-48-13(2)37)12-50-25(19)36;;/h4-7,17-19,25H,3,8-12,30H2,1-2H3,(H,31,47)(H,32,38)(H,33,46)(H,42,43)(H,44,45);;/q;+1;-1/t17-,18-,19-,25-;;/m1../s1. The molecule has 0 radical (unpaired) electrons. The summed E-state index contributed by atoms with van der Waals surface area (Å²) in [5.41, 5.74) is 5.35. The van der Waals surface area contributed by atoms with Crippen LogP contribution in [0.5, 0.6) is 0 Å². The fourth-order valence-electron chi connectivity index (χ4n) is 5.04. The van der Waals surface area contributed by atoms with E-state index in [1.807, 2.05) is 0 Å². The Labute approximate surface area is 317 Å². The Hall–Kier alpha value is -4.70. The van der Waals surface area contributed by atoms with E-state index >= 15 is 0 Å². The zero-order valence-electron chi connectivity index (χ0n) is 28.6. The van der Waals surface area contributed by atoms with Crippen LogP contribution in [0.4, 0.5) is 15.3 Å². The van der Waals surface area contributed by atoms with Crippen molar-refractivity contribution in [2.45, 2.75) is 37.3 Å². The molecule has 0 spiro atoms. The van der Waals surface area contributed by atoms with Crippen LogP contribution in [0.3, 0.4) is 0 Å². The first-order valence-corrected chi connectivity index (χ1v) is 16.0. The van der Waals surface area contributed by atoms with Crippen molar-refractivity contribution in [3.63, 3.8) is 0 Å². The number of carboxylic acid groups (broad SMARTS) is 2. The number of rotatable bonds is 12. The number of carboxylic acids is 2. The molecule has 0 bridgehead atoms. The maximum Gasteiger partial charge on any atom is 1.00 e. The molecule has 0 aromatic heterocycles. The smallest absolute Gasteiger partial charge is 1.00 e. The first-order valence-electron chi connectivity index (χ1n) is 14.9. The topological polar surface area (TPSA) is 284 Å². The Morgan fingerprint density at radius 1 is 1.04 bits per heavy atom. The van der Waals surface area contributed by atoms with Gasteiger partial charge in [-0.05, 0) is 24.6 Å². The molecular formula is C29H34N7NaO13S. The van der Waals surface area contributed by atoms with Gasteiger partial charge in [0.15, 0.2) is 0 Å². The van der Waals surface area contributed by atoms with Crippen molar-refractivity contribution >= 4 is 71.1 Å². The number of esters is 1. The molecule has 2 fully saturated rings. The molecule has 22 heteroatoms. The molecule has 270 valence electrons. The fourth-order valence-corrected chi connectivity index (χ4v) is 6.37. The number of fused-ring (bicyclic) bond motifs is 1. The molecule has 3 heterocycles. The molecular weight excluding hydrogens is 709 g/mol. The molecule has 0 unspecified atom stereocenters. The molecule has 3 aliphatic heterocycles. The van der Waals surface area contributed by atoms with E-state index in [0.717, 1.165) is 23.6 Å². The van der Waals surface area contributed by atoms with Crippen LogP contribution in [0.1, 0.15) is 26.9 Å². The normalized spacial score (nSPS) is 19.4. The molecule has 0 saturated carbocycles. The minimum absolute atomic E-state index is 0. The number of nitrogens with zero attached hydrogens (tertiary/aromatic N) is 3. The van der Waals surface area contributed by atoms with Crippen LogP contribution in [0.2, 0.25) is 0 Å². The molecule has 7 amide bonds. The molecule has 3 aliphatic rings. The number of hydrogen-bond acceptors (Lipinski definition) is 13. The Morgan fingerprint density at radius 2 is 1.71 bits per heavy atom. The summed E-state index contributed by atoms with van der Waals surface area (Å²) in [4.78, 5) is 114. The molecule has 1 aromatic rings. The summed E-state index contributed by atoms with van der Waals surface area (Å²) in [7, 11) is 0. The molecule has 1 aromatic carbocycles. The number of benzene rings is 1. The van der Waals surface area contributed by atoms with Gasteiger partial charge in [0.1, 0.15) is 42.4 Å². The predicted octanol–water partition coefficient (Wildman–Crippen LogP) is -4.49. The van der Waals surface area contributed by atoms with Gasteiger partial charge in [0.25, 0.3) is 5.91 Å². The van der Waals surface area contributed by atoms with Crippen LogP contribution < -0.4 is 51.2 Å². The summed E-state index contributed by atoms with van der Waals surface area (Å²) >= 11 is 1.11. The average molecular weight is 744 g/mol. The van der Waals surface area contributed by atoms with E-state index in [1.165, 1.54) is 29.2 Å². The summed E-state index contributed by atoms with van der Waals surface area (Å²) in [6.07, 6.45) is -1.03. The van der Waals surface area contributed by atoms with Gasteiger partial charge in [-0.25, -0.2) is 14.4 Å². The minimum atomic E-state index is -1.58. The SMILES string of the molecule is CCN1CCN(C(=O)N[C@@H](C(=O)N[C@@H]2C(=O)N3C(C(=O)O)=C(COC(C)=O)CS[C@H]23)c2ccc(NC(=O)OC[C@@H](N)C(=O)O)cc2)C(=O)C1=O.[H-].[Na+]. The van der Waals surface area contributed by atoms with E-state index in [1.54, 1.807) is 6.92 Å². The van der Waals surface area contributed by atoms with Crippen molar-refractivity contribution in [1.82, 2.24) is 25.3 Å². The summed E-state index contributed by atoms with van der Waals surface area (Å²) in [6, 6.07) is -0.0692. The third kappa shape index (κ3) is 9.35. The van der Waals surface area contributed by atoms with Gasteiger partial charge in [0.2, 0.25) is 5.91 Å². The molecule has 4 atom stereocenters. The van der Waals surface area contributed by atoms with E-state index < -0.39 is 83.8 Å². The van der Waals surface area contributed by atoms with Crippen LogP contribution in [0, 0.1) is 0 Å². The summed E-state index contributed by atoms with van der Waals surface area (Å²) in [6.45, 7) is 1.97. The van der Waals surface area contributed by atoms with Gasteiger partial charge < -0.3 is 42.4 Å². The van der Waals surface area contributed by atoms with E-state index in [-0.39, 0.29) is 85.5 Å². The zero-order chi connectivity index (χ0) is 36.9. The number of ether oxygens (including phenoxy) is 2. The number of imide groups is 1. The number of piperazine rings is 1. The first-order chi connectivity index (χ1) is 23.6. The van der Waals surface area contributed by atoms with Crippen LogP contribution in [-0.2, 0) is 43.0 Å². The molecule has 2 saturated heterocycles. The Morgan fingerprint density at radius 3 is 2.29 bits per heavy atom. The minimum Gasteiger partial charge on any atom is -1.00 e. The monoisotopic (exact) mass is 743 g/mol. The zero-order valence-corrected chi connectivity index (χ0v) is 30.4. The van der Waals surface area contributed by atoms with Crippen molar-refractivity contribution in [3.8, 4) is 0 Å². The Balaban J connectivity index is 0.00000468. The molecule has 0 aliphatic carbocycles. The van der Waals surface area contributed by atoms with Crippen LogP contribution in [-0.4, -0.2) is 135 Å². The number of aliphatic carboxylic acids is 2. The van der Waals surface area contributed by atoms with E-state index in [2.05, 4.69) is 16.0 Å². The third-order valence-corrected chi connectivity index (χ3v) is 9.00. The van der Waals surface area contributed by atoms with E-state index in [9.17, 15) is 48.3 Å². The Kier molecular flexibility index (Phi) is 14.0. The number of thioether (sulfide) groups is 1. The maximum atomic E-state index is 13.7. The number of carbonyl (C=O) groups excluding carboxylic acids is 7. The van der Waals surface area contributed by atoms with Gasteiger partial charge in [-0.15, -0.1) is 11.8 Å². The number of nitrogens with one attached hydrogen (secondary N) is 3. The summed E-state index contributed by atoms with van der Waals surface area (Å²) in [5, 5.41) is 25.1. The van der Waals surface area contributed by atoms with Crippen LogP contribution >= 0.6 is 11.8 Å². The van der Waals surface area contributed by atoms with Crippen molar-refractivity contribution in [3.05, 3.63) is 41.1 Å². The molecule has 7 N–H and O–H groups in total. The van der Waals surface area contributed by atoms with Gasteiger partial charge in [-0.1, -0.05) is 12.1 Å². The second kappa shape index (κ2) is 17.5. The van der Waals surface area contributed by atoms with Crippen LogP contribution in [0.25, 0.3) is 0 Å². The number of β-lactam (4-membered cyclic amide) rings is 1. The van der Waals surface area contributed by atoms with Crippen molar-refractivity contribution < 1.29 is 93.8 Å². The molecule has 4 rings (SSSR count). The molecule has 20 nitrogen and oxygen atoms in total. The van der Waals surface area contributed by atoms with Gasteiger partial charge in [0.05, 0.1) is 0 Å². The first kappa shape index (κ1) is 40.7. The van der Waals surface area contributed by atoms with Gasteiger partial charge in [0, 0.05) is 43.6 Å². The second-order valence-corrected chi connectivity index (χ2v) is 12.1. The molecule has 51 heavy (non-hydrogen) atoms. The largest absolute Gasteiger partial charge is 1.00 e. The van der Waals surface area contributed by atoms with E-state index in [4.69, 9.17) is 20.3 Å². The van der Waals surface area contributed by atoms with Crippen molar-refractivity contribution in [2.75, 3.05) is 43.9 Å². The quantitative estimate of drug-likeness (QED) is 0.0509.